The van der Waals surface area contributed by atoms with Gasteiger partial charge < -0.3 is 10.1 Å². The van der Waals surface area contributed by atoms with Crippen molar-refractivity contribution in [3.63, 3.8) is 0 Å². The van der Waals surface area contributed by atoms with Crippen LogP contribution < -0.4 is 5.32 Å². The van der Waals surface area contributed by atoms with Crippen LogP contribution in [0.5, 0.6) is 0 Å². The number of anilines is 1. The zero-order valence-corrected chi connectivity index (χ0v) is 16.7. The van der Waals surface area contributed by atoms with Crippen molar-refractivity contribution in [2.24, 2.45) is 0 Å². The molecule has 0 saturated carbocycles. The second-order valence-corrected chi connectivity index (χ2v) is 7.42. The lowest BCUT2D eigenvalue weighted by atomic mass is 10.2. The van der Waals surface area contributed by atoms with Gasteiger partial charge in [-0.3, -0.25) is 19.4 Å². The van der Waals surface area contributed by atoms with Gasteiger partial charge in [-0.05, 0) is 36.8 Å². The van der Waals surface area contributed by atoms with E-state index < -0.39 is 5.82 Å². The van der Waals surface area contributed by atoms with Crippen LogP contribution in [0.15, 0.2) is 61.1 Å². The van der Waals surface area contributed by atoms with Gasteiger partial charge in [0.15, 0.2) is 0 Å². The van der Waals surface area contributed by atoms with Crippen LogP contribution in [-0.2, 0) is 11.3 Å². The molecule has 3 aromatic rings. The van der Waals surface area contributed by atoms with Gasteiger partial charge in [0.25, 0.3) is 5.91 Å². The molecular weight excluding hydrogens is 385 g/mol. The van der Waals surface area contributed by atoms with E-state index in [1.807, 2.05) is 29.1 Å². The number of halogens is 1. The van der Waals surface area contributed by atoms with E-state index in [2.05, 4.69) is 20.3 Å². The summed E-state index contributed by atoms with van der Waals surface area (Å²) < 4.78 is 20.6. The predicted octanol–water partition coefficient (Wildman–Crippen LogP) is 3.13. The maximum atomic E-state index is 13.4. The summed E-state index contributed by atoms with van der Waals surface area (Å²) in [6, 6.07) is 11.9. The maximum Gasteiger partial charge on any atom is 0.255 e. The van der Waals surface area contributed by atoms with E-state index in [4.69, 9.17) is 4.74 Å². The molecule has 1 N–H and O–H groups in total. The molecule has 1 aliphatic heterocycles. The molecule has 1 aliphatic rings. The van der Waals surface area contributed by atoms with Crippen molar-refractivity contribution in [3.05, 3.63) is 78.1 Å². The number of carbonyl (C=O) groups excluding carboxylic acids is 1. The minimum absolute atomic E-state index is 0.161. The molecule has 0 aliphatic carbocycles. The minimum Gasteiger partial charge on any atom is -0.383 e. The monoisotopic (exact) mass is 409 g/mol. The molecule has 7 nitrogen and oxygen atoms in total. The summed E-state index contributed by atoms with van der Waals surface area (Å²) in [6.07, 6.45) is 6.12. The van der Waals surface area contributed by atoms with Crippen LogP contribution in [0.3, 0.4) is 0 Å². The molecule has 30 heavy (non-hydrogen) atoms. The van der Waals surface area contributed by atoms with Crippen molar-refractivity contribution in [1.29, 1.82) is 0 Å². The molecular formula is C22H24FN5O2. The lowest BCUT2D eigenvalue weighted by Crippen LogP contribution is -2.32. The normalized spacial score (nSPS) is 19.1. The van der Waals surface area contributed by atoms with Gasteiger partial charge in [-0.15, -0.1) is 0 Å². The highest BCUT2D eigenvalue weighted by atomic mass is 19.1. The summed E-state index contributed by atoms with van der Waals surface area (Å²) in [5, 5.41) is 7.22. The summed E-state index contributed by atoms with van der Waals surface area (Å²) in [6.45, 7) is 2.19. The number of likely N-dealkylation sites (tertiary alicyclic amines) is 1. The minimum atomic E-state index is -0.443. The standard InChI is InChI=1S/C22H24FN5O2/c1-30-15-21-10-20(14-27(21)12-18-7-2-3-8-24-18)28-13-19(11-25-28)26-22(29)16-5-4-6-17(23)9-16/h2-9,11,13,20-21H,10,12,14-15H2,1H3,(H,26,29)/t20-,21-/m0/s1. The molecule has 2 atom stereocenters. The van der Waals surface area contributed by atoms with Crippen molar-refractivity contribution >= 4 is 11.6 Å². The number of methoxy groups -OCH3 is 1. The number of hydrogen-bond acceptors (Lipinski definition) is 5. The van der Waals surface area contributed by atoms with Gasteiger partial charge in [-0.1, -0.05) is 12.1 Å². The topological polar surface area (TPSA) is 72.3 Å². The molecule has 0 spiro atoms. The number of pyridine rings is 1. The summed E-state index contributed by atoms with van der Waals surface area (Å²) >= 11 is 0. The van der Waals surface area contributed by atoms with Gasteiger partial charge in [-0.25, -0.2) is 4.39 Å². The number of ether oxygens (including phenoxy) is 1. The van der Waals surface area contributed by atoms with Gasteiger partial charge in [0.2, 0.25) is 0 Å². The Morgan fingerprint density at radius 2 is 2.20 bits per heavy atom. The average Bonchev–Trinajstić information content (AvgIpc) is 3.36. The van der Waals surface area contributed by atoms with Gasteiger partial charge >= 0.3 is 0 Å². The van der Waals surface area contributed by atoms with Gasteiger partial charge in [0, 0.05) is 44.2 Å². The highest BCUT2D eigenvalue weighted by molar-refractivity contribution is 6.04. The molecule has 3 heterocycles. The lowest BCUT2D eigenvalue weighted by Gasteiger charge is -2.22. The first-order valence-corrected chi connectivity index (χ1v) is 9.86. The number of nitrogens with zero attached hydrogens (tertiary/aromatic N) is 4. The Hall–Kier alpha value is -3.10. The van der Waals surface area contributed by atoms with E-state index in [-0.39, 0.29) is 23.6 Å². The molecule has 2 aromatic heterocycles. The Kier molecular flexibility index (Phi) is 6.15. The quantitative estimate of drug-likeness (QED) is 0.649. The van der Waals surface area contributed by atoms with E-state index in [1.165, 1.54) is 18.2 Å². The fourth-order valence-corrected chi connectivity index (χ4v) is 3.84. The Labute approximate surface area is 174 Å². The third-order valence-electron chi connectivity index (χ3n) is 5.28. The SMILES string of the molecule is COC[C@@H]1C[C@H](n2cc(NC(=O)c3cccc(F)c3)cn2)CN1Cc1ccccn1. The van der Waals surface area contributed by atoms with Crippen LogP contribution in [0, 0.1) is 5.82 Å². The maximum absolute atomic E-state index is 13.4. The fourth-order valence-electron chi connectivity index (χ4n) is 3.84. The van der Waals surface area contributed by atoms with Crippen molar-refractivity contribution in [2.75, 3.05) is 25.6 Å². The van der Waals surface area contributed by atoms with E-state index in [9.17, 15) is 9.18 Å². The molecule has 156 valence electrons. The van der Waals surface area contributed by atoms with E-state index in [0.29, 0.717) is 12.3 Å². The number of nitrogens with one attached hydrogen (secondary N) is 1. The van der Waals surface area contributed by atoms with Crippen LogP contribution in [0.2, 0.25) is 0 Å². The van der Waals surface area contributed by atoms with Crippen molar-refractivity contribution in [1.82, 2.24) is 19.7 Å². The highest BCUT2D eigenvalue weighted by Crippen LogP contribution is 2.29. The van der Waals surface area contributed by atoms with E-state index in [0.717, 1.165) is 25.2 Å². The second-order valence-electron chi connectivity index (χ2n) is 7.42. The van der Waals surface area contributed by atoms with E-state index >= 15 is 0 Å². The first-order chi connectivity index (χ1) is 14.6. The number of amides is 1. The Bertz CT molecular complexity index is 994. The van der Waals surface area contributed by atoms with Crippen molar-refractivity contribution in [2.45, 2.75) is 25.0 Å². The molecule has 1 amide bonds. The third kappa shape index (κ3) is 4.72. The van der Waals surface area contributed by atoms with Crippen molar-refractivity contribution in [3.8, 4) is 0 Å². The Balaban J connectivity index is 1.43. The zero-order chi connectivity index (χ0) is 20.9. The molecule has 8 heteroatoms. The molecule has 0 unspecified atom stereocenters. The molecule has 0 bridgehead atoms. The summed E-state index contributed by atoms with van der Waals surface area (Å²) in [5.41, 5.74) is 1.86. The third-order valence-corrected chi connectivity index (χ3v) is 5.28. The van der Waals surface area contributed by atoms with Crippen LogP contribution in [-0.4, -0.2) is 51.9 Å². The Morgan fingerprint density at radius 3 is 2.97 bits per heavy atom. The van der Waals surface area contributed by atoms with Gasteiger partial charge in [0.05, 0.1) is 30.2 Å². The summed E-state index contributed by atoms with van der Waals surface area (Å²) in [4.78, 5) is 19.1. The zero-order valence-electron chi connectivity index (χ0n) is 16.7. The molecule has 1 fully saturated rings. The molecule has 1 saturated heterocycles. The van der Waals surface area contributed by atoms with Crippen LogP contribution in [0.25, 0.3) is 0 Å². The molecule has 4 rings (SSSR count). The number of aromatic nitrogens is 3. The lowest BCUT2D eigenvalue weighted by molar-refractivity contribution is 0.102. The van der Waals surface area contributed by atoms with Gasteiger partial charge in [0.1, 0.15) is 5.82 Å². The average molecular weight is 409 g/mol. The van der Waals surface area contributed by atoms with E-state index in [1.54, 1.807) is 25.6 Å². The van der Waals surface area contributed by atoms with Crippen LogP contribution >= 0.6 is 0 Å². The first-order valence-electron chi connectivity index (χ1n) is 9.86. The van der Waals surface area contributed by atoms with Crippen LogP contribution in [0.1, 0.15) is 28.5 Å². The van der Waals surface area contributed by atoms with Crippen molar-refractivity contribution < 1.29 is 13.9 Å². The Morgan fingerprint density at radius 1 is 1.30 bits per heavy atom. The number of benzene rings is 1. The summed E-state index contributed by atoms with van der Waals surface area (Å²) in [5.74, 6) is -0.809. The largest absolute Gasteiger partial charge is 0.383 e. The highest BCUT2D eigenvalue weighted by Gasteiger charge is 2.33. The predicted molar refractivity (Wildman–Crippen MR) is 111 cm³/mol. The van der Waals surface area contributed by atoms with Gasteiger partial charge in [-0.2, -0.15) is 5.10 Å². The fraction of sp³-hybridized carbons (Fsp3) is 0.318. The number of carbonyl (C=O) groups is 1. The second kappa shape index (κ2) is 9.15. The van der Waals surface area contributed by atoms with Crippen LogP contribution in [0.4, 0.5) is 10.1 Å². The molecule has 0 radical (unpaired) electrons. The molecule has 1 aromatic carbocycles. The number of hydrogen-bond donors (Lipinski definition) is 1. The number of rotatable bonds is 7. The first kappa shape index (κ1) is 20.2. The summed E-state index contributed by atoms with van der Waals surface area (Å²) in [7, 11) is 1.71. The smallest absolute Gasteiger partial charge is 0.255 e.